The van der Waals surface area contributed by atoms with E-state index in [2.05, 4.69) is 41.5 Å². The first-order chi connectivity index (χ1) is 10.3. The van der Waals surface area contributed by atoms with E-state index < -0.39 is 0 Å². The third-order valence-corrected chi connectivity index (χ3v) is 5.34. The first-order valence-electron chi connectivity index (χ1n) is 8.29. The topological polar surface area (TPSA) is 24.5 Å². The molecule has 2 fully saturated rings. The average Bonchev–Trinajstić information content (AvgIpc) is 2.47. The number of benzene rings is 1. The van der Waals surface area contributed by atoms with Crippen molar-refractivity contribution in [2.45, 2.75) is 63.4 Å². The molecular formula is C18H28N2O. The van der Waals surface area contributed by atoms with E-state index in [0.29, 0.717) is 12.6 Å². The van der Waals surface area contributed by atoms with Crippen molar-refractivity contribution in [2.75, 3.05) is 14.2 Å². The van der Waals surface area contributed by atoms with Crippen LogP contribution in [0.15, 0.2) is 24.3 Å². The van der Waals surface area contributed by atoms with E-state index in [9.17, 15) is 0 Å². The summed E-state index contributed by atoms with van der Waals surface area (Å²) in [7, 11) is 4.08. The number of rotatable bonds is 5. The van der Waals surface area contributed by atoms with Gasteiger partial charge in [0, 0.05) is 31.8 Å². The zero-order valence-electron chi connectivity index (χ0n) is 13.3. The molecule has 2 saturated heterocycles. The monoisotopic (exact) mass is 288 g/mol. The van der Waals surface area contributed by atoms with Crippen LogP contribution in [0.5, 0.6) is 0 Å². The van der Waals surface area contributed by atoms with E-state index in [4.69, 9.17) is 4.74 Å². The fraction of sp³-hybridized carbons (Fsp3) is 0.667. The molecule has 3 rings (SSSR count). The number of fused-ring (bicyclic) bond motifs is 2. The number of piperidine rings is 2. The highest BCUT2D eigenvalue weighted by Crippen LogP contribution is 2.32. The molecule has 21 heavy (non-hydrogen) atoms. The van der Waals surface area contributed by atoms with E-state index in [-0.39, 0.29) is 0 Å². The summed E-state index contributed by atoms with van der Waals surface area (Å²) in [6.07, 6.45) is 6.79. The number of nitrogens with zero attached hydrogens (tertiary/aromatic N) is 1. The summed E-state index contributed by atoms with van der Waals surface area (Å²) < 4.78 is 5.30. The molecule has 0 spiro atoms. The summed E-state index contributed by atoms with van der Waals surface area (Å²) >= 11 is 0. The van der Waals surface area contributed by atoms with Gasteiger partial charge in [-0.25, -0.2) is 0 Å². The Morgan fingerprint density at radius 1 is 1.14 bits per heavy atom. The molecule has 1 N–H and O–H groups in total. The van der Waals surface area contributed by atoms with E-state index in [1.54, 1.807) is 7.11 Å². The Morgan fingerprint density at radius 3 is 2.48 bits per heavy atom. The molecule has 2 aliphatic heterocycles. The number of hydrogen-bond donors (Lipinski definition) is 1. The molecule has 3 heteroatoms. The van der Waals surface area contributed by atoms with Gasteiger partial charge in [-0.05, 0) is 43.9 Å². The highest BCUT2D eigenvalue weighted by Gasteiger charge is 2.35. The minimum Gasteiger partial charge on any atom is -0.380 e. The molecule has 0 aromatic heterocycles. The molecule has 2 bridgehead atoms. The summed E-state index contributed by atoms with van der Waals surface area (Å²) in [6, 6.07) is 10.9. The van der Waals surface area contributed by atoms with Crippen LogP contribution in [0, 0.1) is 0 Å². The van der Waals surface area contributed by atoms with E-state index in [1.165, 1.54) is 43.2 Å². The van der Waals surface area contributed by atoms with Gasteiger partial charge in [-0.1, -0.05) is 30.7 Å². The fourth-order valence-electron chi connectivity index (χ4n) is 4.06. The number of hydrogen-bond acceptors (Lipinski definition) is 3. The Hall–Kier alpha value is -0.900. The van der Waals surface area contributed by atoms with Gasteiger partial charge >= 0.3 is 0 Å². The van der Waals surface area contributed by atoms with Crippen LogP contribution >= 0.6 is 0 Å². The van der Waals surface area contributed by atoms with Gasteiger partial charge in [0.25, 0.3) is 0 Å². The molecule has 2 aliphatic rings. The lowest BCUT2D eigenvalue weighted by Gasteiger charge is -2.47. The molecule has 0 amide bonds. The molecule has 3 nitrogen and oxygen atoms in total. The molecule has 0 radical (unpaired) electrons. The van der Waals surface area contributed by atoms with Crippen molar-refractivity contribution in [1.82, 2.24) is 10.2 Å². The molecule has 2 unspecified atom stereocenters. The third kappa shape index (κ3) is 3.47. The minimum atomic E-state index is 0.673. The van der Waals surface area contributed by atoms with Crippen molar-refractivity contribution in [3.63, 3.8) is 0 Å². The lowest BCUT2D eigenvalue weighted by molar-refractivity contribution is 0.0482. The van der Waals surface area contributed by atoms with Gasteiger partial charge in [-0.15, -0.1) is 0 Å². The van der Waals surface area contributed by atoms with E-state index in [1.807, 2.05) is 0 Å². The Balaban J connectivity index is 1.58. The van der Waals surface area contributed by atoms with Crippen LogP contribution in [0.3, 0.4) is 0 Å². The number of ether oxygens (including phenoxy) is 1. The van der Waals surface area contributed by atoms with Crippen molar-refractivity contribution >= 4 is 0 Å². The summed E-state index contributed by atoms with van der Waals surface area (Å²) in [4.78, 5) is 2.63. The van der Waals surface area contributed by atoms with Gasteiger partial charge in [0.15, 0.2) is 0 Å². The second kappa shape index (κ2) is 6.91. The smallest absolute Gasteiger partial charge is 0.0716 e. The largest absolute Gasteiger partial charge is 0.380 e. The van der Waals surface area contributed by atoms with Crippen molar-refractivity contribution in [1.29, 1.82) is 0 Å². The quantitative estimate of drug-likeness (QED) is 0.901. The average molecular weight is 288 g/mol. The highest BCUT2D eigenvalue weighted by molar-refractivity contribution is 5.26. The molecule has 116 valence electrons. The van der Waals surface area contributed by atoms with Crippen molar-refractivity contribution in [3.05, 3.63) is 35.4 Å². The van der Waals surface area contributed by atoms with Crippen LogP contribution in [0.4, 0.5) is 0 Å². The standard InChI is InChI=1S/C18H28N2O/c1-20-17-8-5-9-18(20)11-16(10-17)19-12-14-6-3-4-7-15(14)13-21-2/h3-4,6-7,16-19H,5,8-13H2,1-2H3. The van der Waals surface area contributed by atoms with Gasteiger partial charge in [0.2, 0.25) is 0 Å². The molecule has 0 saturated carbocycles. The predicted molar refractivity (Wildman–Crippen MR) is 86.2 cm³/mol. The SMILES string of the molecule is COCc1ccccc1CNC1CC2CCCC(C1)N2C. The Morgan fingerprint density at radius 2 is 1.81 bits per heavy atom. The summed E-state index contributed by atoms with van der Waals surface area (Å²) in [5.41, 5.74) is 2.68. The Kier molecular flexibility index (Phi) is 4.94. The van der Waals surface area contributed by atoms with Gasteiger partial charge in [0.05, 0.1) is 6.61 Å². The van der Waals surface area contributed by atoms with Gasteiger partial charge < -0.3 is 15.0 Å². The summed E-state index contributed by atoms with van der Waals surface area (Å²) in [5.74, 6) is 0. The lowest BCUT2D eigenvalue weighted by Crippen LogP contribution is -2.54. The van der Waals surface area contributed by atoms with Crippen LogP contribution in [0.1, 0.15) is 43.2 Å². The molecule has 0 aliphatic carbocycles. The normalized spacial score (nSPS) is 29.5. The number of methoxy groups -OCH3 is 1. The molecular weight excluding hydrogens is 260 g/mol. The van der Waals surface area contributed by atoms with Crippen LogP contribution in [-0.4, -0.2) is 37.2 Å². The molecule has 1 aromatic rings. The Bertz CT molecular complexity index is 448. The lowest BCUT2D eigenvalue weighted by atomic mass is 9.82. The predicted octanol–water partition coefficient (Wildman–Crippen LogP) is 2.94. The number of nitrogens with one attached hydrogen (secondary N) is 1. The maximum atomic E-state index is 5.30. The maximum absolute atomic E-state index is 5.30. The van der Waals surface area contributed by atoms with Gasteiger partial charge in [0.1, 0.15) is 0 Å². The summed E-state index contributed by atoms with van der Waals surface area (Å²) in [6.45, 7) is 1.67. The second-order valence-corrected chi connectivity index (χ2v) is 6.65. The molecule has 2 heterocycles. The summed E-state index contributed by atoms with van der Waals surface area (Å²) in [5, 5.41) is 3.80. The minimum absolute atomic E-state index is 0.673. The van der Waals surface area contributed by atoms with E-state index >= 15 is 0 Å². The fourth-order valence-corrected chi connectivity index (χ4v) is 4.06. The first-order valence-corrected chi connectivity index (χ1v) is 8.29. The van der Waals surface area contributed by atoms with Crippen molar-refractivity contribution < 1.29 is 4.74 Å². The first kappa shape index (κ1) is 15.0. The Labute approximate surface area is 128 Å². The van der Waals surface area contributed by atoms with Crippen LogP contribution in [-0.2, 0) is 17.9 Å². The zero-order chi connectivity index (χ0) is 14.7. The molecule has 2 atom stereocenters. The van der Waals surface area contributed by atoms with Gasteiger partial charge in [-0.3, -0.25) is 0 Å². The zero-order valence-corrected chi connectivity index (χ0v) is 13.3. The van der Waals surface area contributed by atoms with Crippen LogP contribution < -0.4 is 5.32 Å². The highest BCUT2D eigenvalue weighted by atomic mass is 16.5. The maximum Gasteiger partial charge on any atom is 0.0716 e. The third-order valence-electron chi connectivity index (χ3n) is 5.34. The van der Waals surface area contributed by atoms with Crippen molar-refractivity contribution in [2.24, 2.45) is 0 Å². The van der Waals surface area contributed by atoms with Crippen molar-refractivity contribution in [3.8, 4) is 0 Å². The van der Waals surface area contributed by atoms with Gasteiger partial charge in [-0.2, -0.15) is 0 Å². The second-order valence-electron chi connectivity index (χ2n) is 6.65. The van der Waals surface area contributed by atoms with E-state index in [0.717, 1.165) is 18.6 Å². The van der Waals surface area contributed by atoms with Crippen LogP contribution in [0.2, 0.25) is 0 Å². The van der Waals surface area contributed by atoms with Crippen LogP contribution in [0.25, 0.3) is 0 Å². The molecule has 1 aromatic carbocycles.